The van der Waals surface area contributed by atoms with Crippen molar-refractivity contribution < 1.29 is 9.53 Å². The summed E-state index contributed by atoms with van der Waals surface area (Å²) in [5.41, 5.74) is 1.45. The van der Waals surface area contributed by atoms with Gasteiger partial charge in [-0.2, -0.15) is 0 Å². The number of likely N-dealkylation sites (N-methyl/N-ethyl adjacent to an activating group) is 1. The van der Waals surface area contributed by atoms with E-state index in [2.05, 4.69) is 46.0 Å². The molecule has 0 bridgehead atoms. The Labute approximate surface area is 198 Å². The van der Waals surface area contributed by atoms with Crippen molar-refractivity contribution in [3.8, 4) is 0 Å². The average Bonchev–Trinajstić information content (AvgIpc) is 2.77. The molecular formula is C23H37IN4O2. The summed E-state index contributed by atoms with van der Waals surface area (Å²) in [6, 6.07) is 11.2. The van der Waals surface area contributed by atoms with Crippen LogP contribution in [0, 0.1) is 0 Å². The third-order valence-electron chi connectivity index (χ3n) is 5.98. The zero-order chi connectivity index (χ0) is 20.5. The minimum absolute atomic E-state index is 0. The van der Waals surface area contributed by atoms with Crippen LogP contribution in [0.25, 0.3) is 0 Å². The van der Waals surface area contributed by atoms with Gasteiger partial charge in [-0.15, -0.1) is 24.0 Å². The van der Waals surface area contributed by atoms with Crippen LogP contribution < -0.4 is 10.6 Å². The molecule has 3 rings (SSSR count). The van der Waals surface area contributed by atoms with Gasteiger partial charge in [0.1, 0.15) is 6.54 Å². The molecule has 1 amide bonds. The molecule has 6 nitrogen and oxygen atoms in total. The molecular weight excluding hydrogens is 491 g/mol. The minimum Gasteiger partial charge on any atom is -0.376 e. The smallest absolute Gasteiger partial charge is 0.243 e. The van der Waals surface area contributed by atoms with Gasteiger partial charge in [-0.25, -0.2) is 4.99 Å². The lowest BCUT2D eigenvalue weighted by atomic mass is 9.82. The molecule has 1 aliphatic heterocycles. The molecule has 1 atom stereocenters. The molecule has 1 saturated carbocycles. The number of guanidine groups is 1. The number of hydrogen-bond donors (Lipinski definition) is 2. The van der Waals surface area contributed by atoms with E-state index in [-0.39, 0.29) is 42.5 Å². The summed E-state index contributed by atoms with van der Waals surface area (Å²) in [6.07, 6.45) is 8.26. The zero-order valence-corrected chi connectivity index (χ0v) is 20.6. The first-order valence-electron chi connectivity index (χ1n) is 11.0. The van der Waals surface area contributed by atoms with Crippen LogP contribution in [0.15, 0.2) is 35.3 Å². The Morgan fingerprint density at radius 3 is 2.47 bits per heavy atom. The fraction of sp³-hybridized carbons (Fsp3) is 0.652. The first-order chi connectivity index (χ1) is 14.1. The standard InChI is InChI=1S/C23H36N4O2.HI/c1-27(2)22(28)17-25-23(24-16-21-10-6-7-15-29-21)26-20-13-11-19(12-14-20)18-8-4-3-5-9-18;/h3-5,8-9,19-21H,6-7,10-17H2,1-2H3,(H2,24,25,26);1H. The van der Waals surface area contributed by atoms with E-state index in [0.717, 1.165) is 44.8 Å². The Balaban J connectivity index is 0.00000320. The van der Waals surface area contributed by atoms with Gasteiger partial charge in [0.2, 0.25) is 5.91 Å². The van der Waals surface area contributed by atoms with Crippen molar-refractivity contribution in [3.63, 3.8) is 0 Å². The van der Waals surface area contributed by atoms with Gasteiger partial charge in [-0.3, -0.25) is 4.79 Å². The van der Waals surface area contributed by atoms with E-state index in [1.54, 1.807) is 19.0 Å². The highest BCUT2D eigenvalue weighted by Gasteiger charge is 2.23. The number of aliphatic imine (C=N–C) groups is 1. The number of nitrogens with one attached hydrogen (secondary N) is 2. The van der Waals surface area contributed by atoms with E-state index < -0.39 is 0 Å². The van der Waals surface area contributed by atoms with Crippen molar-refractivity contribution in [2.75, 3.05) is 33.8 Å². The van der Waals surface area contributed by atoms with Gasteiger partial charge < -0.3 is 20.3 Å². The number of hydrogen-bond acceptors (Lipinski definition) is 3. The lowest BCUT2D eigenvalue weighted by Crippen LogP contribution is -2.47. The number of halogens is 1. The fourth-order valence-corrected chi connectivity index (χ4v) is 4.11. The number of amides is 1. The van der Waals surface area contributed by atoms with Crippen molar-refractivity contribution in [3.05, 3.63) is 35.9 Å². The lowest BCUT2D eigenvalue weighted by Gasteiger charge is -2.31. The van der Waals surface area contributed by atoms with E-state index in [9.17, 15) is 4.79 Å². The third-order valence-corrected chi connectivity index (χ3v) is 5.98. The summed E-state index contributed by atoms with van der Waals surface area (Å²) in [4.78, 5) is 18.1. The molecule has 2 aliphatic rings. The molecule has 1 aliphatic carbocycles. The fourth-order valence-electron chi connectivity index (χ4n) is 4.11. The minimum atomic E-state index is 0. The normalized spacial score (nSPS) is 24.5. The van der Waals surface area contributed by atoms with E-state index in [1.807, 2.05) is 0 Å². The number of nitrogens with zero attached hydrogens (tertiary/aromatic N) is 2. The van der Waals surface area contributed by atoms with Crippen LogP contribution in [0.1, 0.15) is 56.4 Å². The second-order valence-corrected chi connectivity index (χ2v) is 8.43. The molecule has 0 spiro atoms. The van der Waals surface area contributed by atoms with Crippen molar-refractivity contribution in [1.82, 2.24) is 15.5 Å². The topological polar surface area (TPSA) is 66.0 Å². The monoisotopic (exact) mass is 528 g/mol. The van der Waals surface area contributed by atoms with Crippen molar-refractivity contribution >= 4 is 35.8 Å². The van der Waals surface area contributed by atoms with E-state index in [4.69, 9.17) is 4.74 Å². The van der Waals surface area contributed by atoms with E-state index in [0.29, 0.717) is 12.0 Å². The maximum absolute atomic E-state index is 12.0. The molecule has 168 valence electrons. The van der Waals surface area contributed by atoms with Gasteiger partial charge in [0, 0.05) is 33.3 Å². The van der Waals surface area contributed by atoms with Crippen molar-refractivity contribution in [2.45, 2.75) is 63.0 Å². The summed E-state index contributed by atoms with van der Waals surface area (Å²) in [6.45, 7) is 1.74. The molecule has 1 unspecified atom stereocenters. The van der Waals surface area contributed by atoms with Crippen LogP contribution >= 0.6 is 24.0 Å². The van der Waals surface area contributed by atoms with Gasteiger partial charge in [0.05, 0.1) is 6.10 Å². The Bertz CT molecular complexity index is 654. The van der Waals surface area contributed by atoms with Crippen LogP contribution in [-0.4, -0.2) is 62.7 Å². The molecule has 1 aromatic rings. The van der Waals surface area contributed by atoms with E-state index in [1.165, 1.54) is 24.8 Å². The summed E-state index contributed by atoms with van der Waals surface area (Å²) in [5.74, 6) is 1.39. The average molecular weight is 528 g/mol. The first-order valence-corrected chi connectivity index (χ1v) is 11.0. The third kappa shape index (κ3) is 8.06. The SMILES string of the molecule is CN(C)C(=O)CN=C(NCC1CCCCO1)NC1CCC(c2ccccc2)CC1.I. The molecule has 2 fully saturated rings. The Morgan fingerprint density at radius 2 is 1.83 bits per heavy atom. The van der Waals surface area contributed by atoms with E-state index >= 15 is 0 Å². The maximum atomic E-state index is 12.0. The molecule has 0 aromatic heterocycles. The number of rotatable bonds is 6. The highest BCUT2D eigenvalue weighted by molar-refractivity contribution is 14.0. The van der Waals surface area contributed by atoms with Crippen LogP contribution in [-0.2, 0) is 9.53 Å². The molecule has 1 saturated heterocycles. The number of carbonyl (C=O) groups is 1. The second-order valence-electron chi connectivity index (χ2n) is 8.43. The predicted octanol–water partition coefficient (Wildman–Crippen LogP) is 3.52. The molecule has 30 heavy (non-hydrogen) atoms. The largest absolute Gasteiger partial charge is 0.376 e. The van der Waals surface area contributed by atoms with Crippen molar-refractivity contribution in [1.29, 1.82) is 0 Å². The Hall–Kier alpha value is -1.35. The second kappa shape index (κ2) is 13.1. The van der Waals surface area contributed by atoms with Gasteiger partial charge in [0.25, 0.3) is 0 Å². The van der Waals surface area contributed by atoms with Gasteiger partial charge >= 0.3 is 0 Å². The number of benzene rings is 1. The summed E-state index contributed by atoms with van der Waals surface area (Å²) in [5, 5.41) is 6.99. The van der Waals surface area contributed by atoms with Crippen LogP contribution in [0.4, 0.5) is 0 Å². The quantitative estimate of drug-likeness (QED) is 0.337. The molecule has 0 radical (unpaired) electrons. The maximum Gasteiger partial charge on any atom is 0.243 e. The molecule has 1 aromatic carbocycles. The first kappa shape index (κ1) is 24.9. The number of ether oxygens (including phenoxy) is 1. The Morgan fingerprint density at radius 1 is 1.10 bits per heavy atom. The van der Waals surface area contributed by atoms with Crippen LogP contribution in [0.2, 0.25) is 0 Å². The van der Waals surface area contributed by atoms with Crippen LogP contribution in [0.5, 0.6) is 0 Å². The highest BCUT2D eigenvalue weighted by Crippen LogP contribution is 2.32. The zero-order valence-electron chi connectivity index (χ0n) is 18.3. The summed E-state index contributed by atoms with van der Waals surface area (Å²) in [7, 11) is 3.53. The molecule has 1 heterocycles. The highest BCUT2D eigenvalue weighted by atomic mass is 127. The molecule has 2 N–H and O–H groups in total. The molecule has 7 heteroatoms. The van der Waals surface area contributed by atoms with Crippen molar-refractivity contribution in [2.24, 2.45) is 4.99 Å². The number of carbonyl (C=O) groups excluding carboxylic acids is 1. The Kier molecular flexibility index (Phi) is 10.9. The van der Waals surface area contributed by atoms with Gasteiger partial charge in [-0.05, 0) is 56.4 Å². The summed E-state index contributed by atoms with van der Waals surface area (Å²) < 4.78 is 5.82. The lowest BCUT2D eigenvalue weighted by molar-refractivity contribution is -0.127. The van der Waals surface area contributed by atoms with Gasteiger partial charge in [0.15, 0.2) is 5.96 Å². The van der Waals surface area contributed by atoms with Gasteiger partial charge in [-0.1, -0.05) is 30.3 Å². The summed E-state index contributed by atoms with van der Waals surface area (Å²) >= 11 is 0. The predicted molar refractivity (Wildman–Crippen MR) is 133 cm³/mol. The van der Waals surface area contributed by atoms with Crippen LogP contribution in [0.3, 0.4) is 0 Å².